The molecule has 5 rings (SSSR count). The number of methoxy groups -OCH3 is 1. The third-order valence-electron chi connectivity index (χ3n) is 7.38. The highest BCUT2D eigenvalue weighted by Gasteiger charge is 2.22. The lowest BCUT2D eigenvalue weighted by Gasteiger charge is -2.30. The van der Waals surface area contributed by atoms with Crippen molar-refractivity contribution < 1.29 is 18.7 Å². The van der Waals surface area contributed by atoms with Crippen molar-refractivity contribution in [1.82, 2.24) is 4.90 Å². The number of hydrogen-bond acceptors (Lipinski definition) is 7. The first-order valence-electron chi connectivity index (χ1n) is 13.2. The van der Waals surface area contributed by atoms with E-state index in [4.69, 9.17) is 13.9 Å². The van der Waals surface area contributed by atoms with Crippen LogP contribution in [-0.4, -0.2) is 44.7 Å². The normalized spacial score (nSPS) is 16.7. The summed E-state index contributed by atoms with van der Waals surface area (Å²) in [5, 5.41) is 3.96. The molecule has 0 aliphatic carbocycles. The summed E-state index contributed by atoms with van der Waals surface area (Å²) in [6, 6.07) is 18.9. The predicted molar refractivity (Wildman–Crippen MR) is 153 cm³/mol. The highest BCUT2D eigenvalue weighted by molar-refractivity contribution is 5.95. The second-order valence-corrected chi connectivity index (χ2v) is 10.3. The first-order chi connectivity index (χ1) is 18.8. The SMILES string of the molecule is COC(=O)c1ccccc1N[C@H](C)c1cc(C)cc2c(=O)c(C)c(-c3ccc(C4CN(C)CCO4)cc3)oc12. The molecule has 7 heteroatoms. The number of morpholine rings is 1. The van der Waals surface area contributed by atoms with Crippen molar-refractivity contribution in [3.63, 3.8) is 0 Å². The second kappa shape index (κ2) is 11.0. The number of nitrogens with one attached hydrogen (secondary N) is 1. The molecule has 7 nitrogen and oxygen atoms in total. The van der Waals surface area contributed by atoms with Gasteiger partial charge in [0, 0.05) is 35.5 Å². The maximum Gasteiger partial charge on any atom is 0.339 e. The van der Waals surface area contributed by atoms with Crippen LogP contribution in [-0.2, 0) is 9.47 Å². The monoisotopic (exact) mass is 526 g/mol. The largest absolute Gasteiger partial charge is 0.465 e. The highest BCUT2D eigenvalue weighted by Crippen LogP contribution is 2.33. The van der Waals surface area contributed by atoms with Crippen molar-refractivity contribution in [1.29, 1.82) is 0 Å². The smallest absolute Gasteiger partial charge is 0.339 e. The Kier molecular flexibility index (Phi) is 7.55. The number of likely N-dealkylation sites (N-methyl/N-ethyl adjacent to an activating group) is 1. The summed E-state index contributed by atoms with van der Waals surface area (Å²) in [6.07, 6.45) is 0.0249. The van der Waals surface area contributed by atoms with Crippen LogP contribution in [0.25, 0.3) is 22.3 Å². The van der Waals surface area contributed by atoms with Gasteiger partial charge in [0.1, 0.15) is 11.3 Å². The summed E-state index contributed by atoms with van der Waals surface area (Å²) in [7, 11) is 3.46. The molecule has 1 unspecified atom stereocenters. The van der Waals surface area contributed by atoms with Crippen molar-refractivity contribution in [2.75, 3.05) is 39.2 Å². The molecule has 1 fully saturated rings. The van der Waals surface area contributed by atoms with Crippen molar-refractivity contribution in [3.8, 4) is 11.3 Å². The van der Waals surface area contributed by atoms with E-state index in [1.54, 1.807) is 12.1 Å². The van der Waals surface area contributed by atoms with Gasteiger partial charge in [-0.05, 0) is 57.1 Å². The van der Waals surface area contributed by atoms with Crippen LogP contribution in [0, 0.1) is 13.8 Å². The number of para-hydroxylation sites is 1. The molecule has 0 amide bonds. The Morgan fingerprint density at radius 3 is 2.56 bits per heavy atom. The Morgan fingerprint density at radius 2 is 1.85 bits per heavy atom. The molecule has 2 atom stereocenters. The first kappa shape index (κ1) is 26.7. The van der Waals surface area contributed by atoms with Crippen molar-refractivity contribution in [2.45, 2.75) is 32.9 Å². The van der Waals surface area contributed by atoms with Crippen molar-refractivity contribution in [3.05, 3.63) is 98.7 Å². The average Bonchev–Trinajstić information content (AvgIpc) is 2.95. The molecule has 0 radical (unpaired) electrons. The lowest BCUT2D eigenvalue weighted by Crippen LogP contribution is -2.35. The molecule has 2 heterocycles. The Bertz CT molecular complexity index is 1570. The number of carbonyl (C=O) groups is 1. The lowest BCUT2D eigenvalue weighted by atomic mass is 9.98. The van der Waals surface area contributed by atoms with Crippen LogP contribution in [0.4, 0.5) is 5.69 Å². The predicted octanol–water partition coefficient (Wildman–Crippen LogP) is 6.04. The minimum atomic E-state index is -0.419. The Balaban J connectivity index is 1.55. The van der Waals surface area contributed by atoms with E-state index in [1.807, 2.05) is 69.3 Å². The van der Waals surface area contributed by atoms with Crippen LogP contribution in [0.1, 0.15) is 51.7 Å². The van der Waals surface area contributed by atoms with E-state index in [9.17, 15) is 9.59 Å². The molecule has 1 aromatic heterocycles. The molecule has 1 saturated heterocycles. The zero-order chi connectivity index (χ0) is 27.7. The Labute approximate surface area is 228 Å². The fourth-order valence-corrected chi connectivity index (χ4v) is 5.20. The number of carbonyl (C=O) groups excluding carboxylic acids is 1. The van der Waals surface area contributed by atoms with Crippen LogP contribution >= 0.6 is 0 Å². The van der Waals surface area contributed by atoms with E-state index in [-0.39, 0.29) is 17.6 Å². The fourth-order valence-electron chi connectivity index (χ4n) is 5.20. The average molecular weight is 527 g/mol. The number of nitrogens with zero attached hydrogens (tertiary/aromatic N) is 1. The quantitative estimate of drug-likeness (QED) is 0.307. The zero-order valence-corrected chi connectivity index (χ0v) is 23.0. The van der Waals surface area contributed by atoms with E-state index in [1.165, 1.54) is 7.11 Å². The summed E-state index contributed by atoms with van der Waals surface area (Å²) in [5.41, 5.74) is 5.85. The van der Waals surface area contributed by atoms with Crippen LogP contribution < -0.4 is 10.7 Å². The van der Waals surface area contributed by atoms with Gasteiger partial charge in [0.15, 0.2) is 5.43 Å². The molecule has 0 bridgehead atoms. The maximum absolute atomic E-state index is 13.6. The maximum atomic E-state index is 13.6. The van der Waals surface area contributed by atoms with E-state index in [0.29, 0.717) is 40.2 Å². The molecule has 39 heavy (non-hydrogen) atoms. The second-order valence-electron chi connectivity index (χ2n) is 10.3. The number of rotatable bonds is 6. The summed E-state index contributed by atoms with van der Waals surface area (Å²) in [6.45, 7) is 8.24. The van der Waals surface area contributed by atoms with Gasteiger partial charge < -0.3 is 24.1 Å². The number of hydrogen-bond donors (Lipinski definition) is 1. The molecular formula is C32H34N2O5. The molecule has 0 saturated carbocycles. The van der Waals surface area contributed by atoms with Crippen molar-refractivity contribution in [2.24, 2.45) is 0 Å². The van der Waals surface area contributed by atoms with Gasteiger partial charge in [0.2, 0.25) is 0 Å². The minimum absolute atomic E-state index is 0.0249. The first-order valence-corrected chi connectivity index (χ1v) is 13.2. The van der Waals surface area contributed by atoms with E-state index >= 15 is 0 Å². The summed E-state index contributed by atoms with van der Waals surface area (Å²) >= 11 is 0. The molecule has 3 aromatic carbocycles. The highest BCUT2D eigenvalue weighted by atomic mass is 16.5. The van der Waals surface area contributed by atoms with Gasteiger partial charge >= 0.3 is 5.97 Å². The topological polar surface area (TPSA) is 81.0 Å². The van der Waals surface area contributed by atoms with Gasteiger partial charge in [-0.1, -0.05) is 42.5 Å². The molecule has 1 aliphatic heterocycles. The van der Waals surface area contributed by atoms with E-state index in [2.05, 4.69) is 17.3 Å². The van der Waals surface area contributed by atoms with Gasteiger partial charge in [-0.2, -0.15) is 0 Å². The van der Waals surface area contributed by atoms with Crippen LogP contribution in [0.15, 0.2) is 69.9 Å². The van der Waals surface area contributed by atoms with Gasteiger partial charge in [0.25, 0.3) is 0 Å². The molecule has 1 aliphatic rings. The number of fused-ring (bicyclic) bond motifs is 1. The minimum Gasteiger partial charge on any atom is -0.465 e. The van der Waals surface area contributed by atoms with Gasteiger partial charge in [-0.3, -0.25) is 4.79 Å². The van der Waals surface area contributed by atoms with Crippen LogP contribution in [0.2, 0.25) is 0 Å². The lowest BCUT2D eigenvalue weighted by molar-refractivity contribution is -0.0208. The number of esters is 1. The van der Waals surface area contributed by atoms with Gasteiger partial charge in [-0.15, -0.1) is 0 Å². The van der Waals surface area contributed by atoms with Crippen LogP contribution in [0.5, 0.6) is 0 Å². The Hall–Kier alpha value is -3.94. The van der Waals surface area contributed by atoms with Crippen molar-refractivity contribution >= 4 is 22.6 Å². The van der Waals surface area contributed by atoms with Gasteiger partial charge in [-0.25, -0.2) is 4.79 Å². The number of ether oxygens (including phenoxy) is 2. The summed E-state index contributed by atoms with van der Waals surface area (Å²) in [5.74, 6) is 0.130. The fraction of sp³-hybridized carbons (Fsp3) is 0.312. The van der Waals surface area contributed by atoms with E-state index in [0.717, 1.165) is 35.3 Å². The van der Waals surface area contributed by atoms with Gasteiger partial charge in [0.05, 0.1) is 36.8 Å². The Morgan fingerprint density at radius 1 is 1.10 bits per heavy atom. The third-order valence-corrected chi connectivity index (χ3v) is 7.38. The number of anilines is 1. The van der Waals surface area contributed by atoms with E-state index < -0.39 is 5.97 Å². The third kappa shape index (κ3) is 5.33. The molecule has 202 valence electrons. The zero-order valence-electron chi connectivity index (χ0n) is 23.0. The number of aryl methyl sites for hydroxylation is 1. The number of benzene rings is 3. The standard InChI is InChI=1S/C32H34N2O5/c1-19-16-25(21(3)33-27-9-7-6-8-24(27)32(36)37-5)31-26(17-19)29(35)20(2)30(39-31)23-12-10-22(11-13-23)28-18-34(4)14-15-38-28/h6-13,16-17,21,28,33H,14-15,18H2,1-5H3/t21-,28?/m1/s1. The molecular weight excluding hydrogens is 492 g/mol. The summed E-state index contributed by atoms with van der Waals surface area (Å²) in [4.78, 5) is 28.1. The molecule has 1 N–H and O–H groups in total. The van der Waals surface area contributed by atoms with Crippen LogP contribution in [0.3, 0.4) is 0 Å². The molecule has 0 spiro atoms. The molecule has 4 aromatic rings. The summed E-state index contributed by atoms with van der Waals surface area (Å²) < 4.78 is 17.4.